The molecule has 0 aromatic rings. The van der Waals surface area contributed by atoms with Crippen LogP contribution in [-0.4, -0.2) is 26.3 Å². The van der Waals surface area contributed by atoms with Gasteiger partial charge < -0.3 is 10.1 Å². The Labute approximate surface area is 74.7 Å². The Morgan fingerprint density at radius 2 is 1.92 bits per heavy atom. The van der Waals surface area contributed by atoms with Gasteiger partial charge in [-0.3, -0.25) is 0 Å². The van der Waals surface area contributed by atoms with E-state index in [-0.39, 0.29) is 0 Å². The lowest BCUT2D eigenvalue weighted by atomic mass is 9.88. The van der Waals surface area contributed by atoms with E-state index in [1.54, 1.807) is 0 Å². The highest BCUT2D eigenvalue weighted by Crippen LogP contribution is 2.25. The van der Waals surface area contributed by atoms with Gasteiger partial charge in [-0.15, -0.1) is 0 Å². The summed E-state index contributed by atoms with van der Waals surface area (Å²) in [6, 6.07) is 0. The molecule has 0 bridgehead atoms. The van der Waals surface area contributed by atoms with E-state index in [9.17, 15) is 0 Å². The Kier molecular flexibility index (Phi) is 3.01. The van der Waals surface area contributed by atoms with Gasteiger partial charge in [-0.05, 0) is 50.6 Å². The Morgan fingerprint density at radius 3 is 2.58 bits per heavy atom. The minimum Gasteiger partial charge on any atom is -0.381 e. The molecule has 2 heteroatoms. The van der Waals surface area contributed by atoms with Gasteiger partial charge >= 0.3 is 0 Å². The van der Waals surface area contributed by atoms with Gasteiger partial charge in [-0.2, -0.15) is 0 Å². The summed E-state index contributed by atoms with van der Waals surface area (Å²) in [5.74, 6) is 1.93. The van der Waals surface area contributed by atoms with Gasteiger partial charge in [0.15, 0.2) is 0 Å². The van der Waals surface area contributed by atoms with E-state index in [1.165, 1.54) is 38.8 Å². The van der Waals surface area contributed by atoms with E-state index >= 15 is 0 Å². The summed E-state index contributed by atoms with van der Waals surface area (Å²) in [6.07, 6.45) is 5.45. The maximum Gasteiger partial charge on any atom is 0.0468 e. The van der Waals surface area contributed by atoms with E-state index in [4.69, 9.17) is 4.74 Å². The Balaban J connectivity index is 1.69. The maximum absolute atomic E-state index is 5.35. The molecule has 1 N–H and O–H groups in total. The summed E-state index contributed by atoms with van der Waals surface area (Å²) in [6.45, 7) is 4.51. The monoisotopic (exact) mass is 169 g/mol. The van der Waals surface area contributed by atoms with Crippen molar-refractivity contribution < 1.29 is 4.74 Å². The molecule has 2 nitrogen and oxygen atoms in total. The summed E-state index contributed by atoms with van der Waals surface area (Å²) < 4.78 is 5.35. The quantitative estimate of drug-likeness (QED) is 0.675. The third-order valence-electron chi connectivity index (χ3n) is 3.17. The summed E-state index contributed by atoms with van der Waals surface area (Å²) in [4.78, 5) is 0. The largest absolute Gasteiger partial charge is 0.381 e. The van der Waals surface area contributed by atoms with Gasteiger partial charge in [0.25, 0.3) is 0 Å². The fourth-order valence-electron chi connectivity index (χ4n) is 2.37. The maximum atomic E-state index is 5.35. The zero-order valence-electron chi connectivity index (χ0n) is 7.72. The fourth-order valence-corrected chi connectivity index (χ4v) is 2.37. The second-order valence-corrected chi connectivity index (χ2v) is 4.15. The van der Waals surface area contributed by atoms with E-state index in [0.29, 0.717) is 0 Å². The van der Waals surface area contributed by atoms with Crippen molar-refractivity contribution in [2.45, 2.75) is 25.7 Å². The number of ether oxygens (including phenoxy) is 1. The molecule has 0 amide bonds. The molecule has 2 rings (SSSR count). The predicted molar refractivity (Wildman–Crippen MR) is 49.1 cm³/mol. The molecule has 2 aliphatic heterocycles. The molecular formula is C10H19NO. The molecule has 2 aliphatic rings. The average Bonchev–Trinajstić information content (AvgIpc) is 2.59. The highest BCUT2D eigenvalue weighted by Gasteiger charge is 2.21. The van der Waals surface area contributed by atoms with Crippen molar-refractivity contribution in [3.8, 4) is 0 Å². The van der Waals surface area contributed by atoms with Crippen LogP contribution in [0.5, 0.6) is 0 Å². The molecule has 70 valence electrons. The summed E-state index contributed by atoms with van der Waals surface area (Å²) >= 11 is 0. The smallest absolute Gasteiger partial charge is 0.0468 e. The molecule has 2 saturated heterocycles. The van der Waals surface area contributed by atoms with Crippen molar-refractivity contribution in [3.05, 3.63) is 0 Å². The number of rotatable bonds is 2. The van der Waals surface area contributed by atoms with Crippen molar-refractivity contribution in [2.24, 2.45) is 11.8 Å². The van der Waals surface area contributed by atoms with Crippen LogP contribution < -0.4 is 5.32 Å². The third-order valence-corrected chi connectivity index (χ3v) is 3.17. The third kappa shape index (κ3) is 2.20. The van der Waals surface area contributed by atoms with Crippen molar-refractivity contribution in [2.75, 3.05) is 26.3 Å². The predicted octanol–water partition coefficient (Wildman–Crippen LogP) is 1.41. The van der Waals surface area contributed by atoms with Crippen molar-refractivity contribution in [1.82, 2.24) is 5.32 Å². The van der Waals surface area contributed by atoms with E-state index < -0.39 is 0 Å². The lowest BCUT2D eigenvalue weighted by molar-refractivity contribution is 0.0594. The van der Waals surface area contributed by atoms with Crippen LogP contribution in [0.4, 0.5) is 0 Å². The van der Waals surface area contributed by atoms with Crippen molar-refractivity contribution in [3.63, 3.8) is 0 Å². The summed E-state index contributed by atoms with van der Waals surface area (Å²) in [7, 11) is 0. The van der Waals surface area contributed by atoms with Crippen LogP contribution in [0.3, 0.4) is 0 Å². The normalized spacial score (nSPS) is 32.5. The van der Waals surface area contributed by atoms with Crippen molar-refractivity contribution >= 4 is 0 Å². The topological polar surface area (TPSA) is 21.3 Å². The Morgan fingerprint density at radius 1 is 1.08 bits per heavy atom. The molecule has 0 spiro atoms. The molecule has 1 atom stereocenters. The Bertz CT molecular complexity index is 126. The van der Waals surface area contributed by atoms with Gasteiger partial charge in [0.05, 0.1) is 0 Å². The molecule has 0 aliphatic carbocycles. The Hall–Kier alpha value is -0.0800. The molecule has 0 radical (unpaired) electrons. The lowest BCUT2D eigenvalue weighted by Gasteiger charge is -2.24. The zero-order valence-corrected chi connectivity index (χ0v) is 7.72. The van der Waals surface area contributed by atoms with Gasteiger partial charge in [-0.25, -0.2) is 0 Å². The summed E-state index contributed by atoms with van der Waals surface area (Å²) in [5, 5.41) is 3.43. The highest BCUT2D eigenvalue weighted by atomic mass is 16.5. The fraction of sp³-hybridized carbons (Fsp3) is 1.00. The average molecular weight is 169 g/mol. The second-order valence-electron chi connectivity index (χ2n) is 4.15. The van der Waals surface area contributed by atoms with Crippen LogP contribution in [0.2, 0.25) is 0 Å². The first-order valence-corrected chi connectivity index (χ1v) is 5.23. The minimum absolute atomic E-state index is 0.962. The molecule has 12 heavy (non-hydrogen) atoms. The van der Waals surface area contributed by atoms with Crippen LogP contribution in [0, 0.1) is 11.8 Å². The first-order valence-electron chi connectivity index (χ1n) is 5.23. The first-order chi connectivity index (χ1) is 5.95. The molecular weight excluding hydrogens is 150 g/mol. The SMILES string of the molecule is C1CC(CC2CCOCC2)CN1. The molecule has 0 aromatic carbocycles. The lowest BCUT2D eigenvalue weighted by Crippen LogP contribution is -2.19. The van der Waals surface area contributed by atoms with E-state index in [0.717, 1.165) is 25.0 Å². The molecule has 0 saturated carbocycles. The first kappa shape index (κ1) is 8.52. The molecule has 1 unspecified atom stereocenters. The number of hydrogen-bond donors (Lipinski definition) is 1. The number of nitrogens with one attached hydrogen (secondary N) is 1. The molecule has 2 heterocycles. The standard InChI is InChI=1S/C10H19NO/c1-4-11-8-10(1)7-9-2-5-12-6-3-9/h9-11H,1-8H2. The van der Waals surface area contributed by atoms with Crippen LogP contribution in [0.15, 0.2) is 0 Å². The van der Waals surface area contributed by atoms with Gasteiger partial charge in [-0.1, -0.05) is 0 Å². The second kappa shape index (κ2) is 4.24. The van der Waals surface area contributed by atoms with E-state index in [1.807, 2.05) is 0 Å². The van der Waals surface area contributed by atoms with Gasteiger partial charge in [0.1, 0.15) is 0 Å². The molecule has 2 fully saturated rings. The van der Waals surface area contributed by atoms with Crippen LogP contribution in [0.25, 0.3) is 0 Å². The van der Waals surface area contributed by atoms with Crippen LogP contribution in [-0.2, 0) is 4.74 Å². The van der Waals surface area contributed by atoms with Crippen LogP contribution >= 0.6 is 0 Å². The summed E-state index contributed by atoms with van der Waals surface area (Å²) in [5.41, 5.74) is 0. The van der Waals surface area contributed by atoms with Gasteiger partial charge in [0.2, 0.25) is 0 Å². The zero-order chi connectivity index (χ0) is 8.23. The van der Waals surface area contributed by atoms with Crippen LogP contribution in [0.1, 0.15) is 25.7 Å². The van der Waals surface area contributed by atoms with Crippen molar-refractivity contribution in [1.29, 1.82) is 0 Å². The molecule has 0 aromatic heterocycles. The minimum atomic E-state index is 0.962. The highest BCUT2D eigenvalue weighted by molar-refractivity contribution is 4.75. The number of hydrogen-bond acceptors (Lipinski definition) is 2. The van der Waals surface area contributed by atoms with E-state index in [2.05, 4.69) is 5.32 Å². The van der Waals surface area contributed by atoms with Gasteiger partial charge in [0, 0.05) is 13.2 Å².